The van der Waals surface area contributed by atoms with Gasteiger partial charge in [-0.2, -0.15) is 0 Å². The minimum Gasteiger partial charge on any atom is -0.508 e. The number of phenolic OH excluding ortho intramolecular Hbond substituents is 1. The van der Waals surface area contributed by atoms with Gasteiger partial charge in [0.2, 0.25) is 15.0 Å². The minimum atomic E-state index is -3.58. The molecule has 0 bridgehead atoms. The van der Waals surface area contributed by atoms with Crippen molar-refractivity contribution in [2.75, 3.05) is 0 Å². The Labute approximate surface area is 105 Å². The number of hydrogen-bond donors (Lipinski definition) is 1. The van der Waals surface area contributed by atoms with Crippen molar-refractivity contribution in [2.24, 2.45) is 0 Å². The lowest BCUT2D eigenvalue weighted by molar-refractivity contribution is 0.476. The van der Waals surface area contributed by atoms with Gasteiger partial charge in [0.25, 0.3) is 0 Å². The zero-order valence-electron chi connectivity index (χ0n) is 10.4. The number of phenols is 1. The Balaban J connectivity index is 2.68. The van der Waals surface area contributed by atoms with Crippen LogP contribution in [0, 0.1) is 0 Å². The topological polar surface area (TPSA) is 80.2 Å². The van der Waals surface area contributed by atoms with E-state index in [0.29, 0.717) is 10.9 Å². The van der Waals surface area contributed by atoms with Crippen LogP contribution in [0.4, 0.5) is 0 Å². The molecule has 0 saturated heterocycles. The lowest BCUT2D eigenvalue weighted by Crippen LogP contribution is -2.29. The van der Waals surface area contributed by atoms with Gasteiger partial charge in [0.1, 0.15) is 5.75 Å². The SMILES string of the molecule is CC(C)(C)S(=O)(=O)c1ncc2ccc(O)cc2n1. The molecular formula is C12H14N2O3S. The van der Waals surface area contributed by atoms with E-state index < -0.39 is 14.6 Å². The van der Waals surface area contributed by atoms with Gasteiger partial charge >= 0.3 is 0 Å². The molecule has 0 atom stereocenters. The molecule has 0 unspecified atom stereocenters. The molecule has 0 fully saturated rings. The fourth-order valence-electron chi connectivity index (χ4n) is 1.40. The van der Waals surface area contributed by atoms with E-state index in [2.05, 4.69) is 9.97 Å². The van der Waals surface area contributed by atoms with Gasteiger partial charge < -0.3 is 5.11 Å². The molecule has 1 N–H and O–H groups in total. The van der Waals surface area contributed by atoms with Crippen molar-refractivity contribution in [3.05, 3.63) is 24.4 Å². The molecule has 96 valence electrons. The third-order valence-corrected chi connectivity index (χ3v) is 4.88. The molecule has 18 heavy (non-hydrogen) atoms. The van der Waals surface area contributed by atoms with Crippen LogP contribution in [0.25, 0.3) is 10.9 Å². The second-order valence-electron chi connectivity index (χ2n) is 5.01. The van der Waals surface area contributed by atoms with Gasteiger partial charge in [-0.1, -0.05) is 0 Å². The smallest absolute Gasteiger partial charge is 0.248 e. The Morgan fingerprint density at radius 1 is 1.22 bits per heavy atom. The largest absolute Gasteiger partial charge is 0.508 e. The van der Waals surface area contributed by atoms with Crippen molar-refractivity contribution in [1.29, 1.82) is 0 Å². The fraction of sp³-hybridized carbons (Fsp3) is 0.333. The van der Waals surface area contributed by atoms with Gasteiger partial charge in [0, 0.05) is 17.6 Å². The van der Waals surface area contributed by atoms with Crippen LogP contribution in [0.1, 0.15) is 20.8 Å². The predicted octanol–water partition coefficient (Wildman–Crippen LogP) is 1.91. The summed E-state index contributed by atoms with van der Waals surface area (Å²) in [6, 6.07) is 4.56. The number of fused-ring (bicyclic) bond motifs is 1. The summed E-state index contributed by atoms with van der Waals surface area (Å²) in [5.41, 5.74) is 0.410. The van der Waals surface area contributed by atoms with E-state index in [1.54, 1.807) is 26.8 Å². The molecule has 1 aromatic carbocycles. The summed E-state index contributed by atoms with van der Waals surface area (Å²) in [6.45, 7) is 4.79. The Hall–Kier alpha value is -1.69. The first-order chi connectivity index (χ1) is 8.22. The van der Waals surface area contributed by atoms with E-state index in [4.69, 9.17) is 0 Å². The highest BCUT2D eigenvalue weighted by Gasteiger charge is 2.33. The molecular weight excluding hydrogens is 252 g/mol. The number of benzene rings is 1. The van der Waals surface area contributed by atoms with E-state index in [1.165, 1.54) is 18.3 Å². The molecule has 0 aliphatic rings. The van der Waals surface area contributed by atoms with Gasteiger partial charge in [-0.05, 0) is 32.9 Å². The van der Waals surface area contributed by atoms with Gasteiger partial charge in [-0.15, -0.1) is 0 Å². The third-order valence-electron chi connectivity index (χ3n) is 2.59. The number of sulfone groups is 1. The average molecular weight is 266 g/mol. The molecule has 0 aliphatic heterocycles. The van der Waals surface area contributed by atoms with Crippen molar-refractivity contribution in [3.63, 3.8) is 0 Å². The second-order valence-corrected chi connectivity index (χ2v) is 7.61. The van der Waals surface area contributed by atoms with Crippen molar-refractivity contribution in [2.45, 2.75) is 30.7 Å². The summed E-state index contributed by atoms with van der Waals surface area (Å²) < 4.78 is 23.4. The van der Waals surface area contributed by atoms with Crippen molar-refractivity contribution >= 4 is 20.7 Å². The summed E-state index contributed by atoms with van der Waals surface area (Å²) in [5, 5.41) is 9.84. The first-order valence-electron chi connectivity index (χ1n) is 5.42. The molecule has 1 heterocycles. The third kappa shape index (κ3) is 2.03. The Kier molecular flexibility index (Phi) is 2.77. The Morgan fingerprint density at radius 2 is 1.89 bits per heavy atom. The monoisotopic (exact) mass is 266 g/mol. The highest BCUT2D eigenvalue weighted by Crippen LogP contribution is 2.24. The van der Waals surface area contributed by atoms with Crippen LogP contribution in [0.5, 0.6) is 5.75 Å². The van der Waals surface area contributed by atoms with E-state index >= 15 is 0 Å². The molecule has 0 saturated carbocycles. The fourth-order valence-corrected chi connectivity index (χ4v) is 2.36. The summed E-state index contributed by atoms with van der Waals surface area (Å²) in [4.78, 5) is 7.91. The molecule has 1 aromatic heterocycles. The molecule has 0 spiro atoms. The summed E-state index contributed by atoms with van der Waals surface area (Å²) in [5.74, 6) is 0.0420. The summed E-state index contributed by atoms with van der Waals surface area (Å²) >= 11 is 0. The highest BCUT2D eigenvalue weighted by atomic mass is 32.2. The lowest BCUT2D eigenvalue weighted by atomic mass is 10.2. The lowest BCUT2D eigenvalue weighted by Gasteiger charge is -2.17. The summed E-state index contributed by atoms with van der Waals surface area (Å²) in [7, 11) is -3.58. The van der Waals surface area contributed by atoms with E-state index in [-0.39, 0.29) is 10.9 Å². The first-order valence-corrected chi connectivity index (χ1v) is 6.90. The predicted molar refractivity (Wildman–Crippen MR) is 68.1 cm³/mol. The second kappa shape index (κ2) is 3.91. The Morgan fingerprint density at radius 3 is 2.50 bits per heavy atom. The molecule has 6 heteroatoms. The van der Waals surface area contributed by atoms with Gasteiger partial charge in [0.05, 0.1) is 10.3 Å². The molecule has 0 radical (unpaired) electrons. The van der Waals surface area contributed by atoms with Crippen molar-refractivity contribution in [1.82, 2.24) is 9.97 Å². The first kappa shape index (κ1) is 12.8. The quantitative estimate of drug-likeness (QED) is 0.797. The summed E-state index contributed by atoms with van der Waals surface area (Å²) in [6.07, 6.45) is 1.44. The molecule has 5 nitrogen and oxygen atoms in total. The number of aromatic nitrogens is 2. The minimum absolute atomic E-state index is 0.0420. The van der Waals surface area contributed by atoms with E-state index in [1.807, 2.05) is 0 Å². The van der Waals surface area contributed by atoms with Crippen LogP contribution in [0.2, 0.25) is 0 Å². The number of hydrogen-bond acceptors (Lipinski definition) is 5. The van der Waals surface area contributed by atoms with Crippen LogP contribution < -0.4 is 0 Å². The maximum Gasteiger partial charge on any atom is 0.248 e. The molecule has 0 amide bonds. The number of aromatic hydroxyl groups is 1. The van der Waals surface area contributed by atoms with E-state index in [0.717, 1.165) is 0 Å². The normalized spacial score (nSPS) is 12.8. The van der Waals surface area contributed by atoms with Crippen LogP contribution in [0.3, 0.4) is 0 Å². The van der Waals surface area contributed by atoms with Crippen molar-refractivity contribution < 1.29 is 13.5 Å². The molecule has 0 aliphatic carbocycles. The van der Waals surface area contributed by atoms with Gasteiger partial charge in [-0.25, -0.2) is 18.4 Å². The van der Waals surface area contributed by atoms with Crippen LogP contribution in [-0.2, 0) is 9.84 Å². The number of nitrogens with zero attached hydrogens (tertiary/aromatic N) is 2. The van der Waals surface area contributed by atoms with Crippen LogP contribution in [-0.4, -0.2) is 28.2 Å². The van der Waals surface area contributed by atoms with E-state index in [9.17, 15) is 13.5 Å². The maximum absolute atomic E-state index is 12.2. The maximum atomic E-state index is 12.2. The standard InChI is InChI=1S/C12H14N2O3S/c1-12(2,3)18(16,17)11-13-7-8-4-5-9(15)6-10(8)14-11/h4-7,15H,1-3H3. The Bertz CT molecular complexity index is 703. The van der Waals surface area contributed by atoms with Crippen LogP contribution in [0.15, 0.2) is 29.6 Å². The average Bonchev–Trinajstić information content (AvgIpc) is 2.26. The van der Waals surface area contributed by atoms with Crippen LogP contribution >= 0.6 is 0 Å². The zero-order valence-corrected chi connectivity index (χ0v) is 11.2. The van der Waals surface area contributed by atoms with Gasteiger partial charge in [-0.3, -0.25) is 0 Å². The van der Waals surface area contributed by atoms with Gasteiger partial charge in [0.15, 0.2) is 0 Å². The van der Waals surface area contributed by atoms with Crippen molar-refractivity contribution in [3.8, 4) is 5.75 Å². The molecule has 2 aromatic rings. The zero-order chi connectivity index (χ0) is 13.6. The molecule has 2 rings (SSSR count). The number of rotatable bonds is 1. The highest BCUT2D eigenvalue weighted by molar-refractivity contribution is 7.92.